The first kappa shape index (κ1) is 22.3. The molecule has 7 heteroatoms. The molecule has 1 fully saturated rings. The number of sulfonamides is 1. The summed E-state index contributed by atoms with van der Waals surface area (Å²) in [6.07, 6.45) is 1.08. The van der Waals surface area contributed by atoms with Crippen molar-refractivity contribution in [1.29, 1.82) is 0 Å². The van der Waals surface area contributed by atoms with E-state index in [0.717, 1.165) is 30.6 Å². The summed E-state index contributed by atoms with van der Waals surface area (Å²) < 4.78 is 28.1. The van der Waals surface area contributed by atoms with Crippen molar-refractivity contribution in [1.82, 2.24) is 10.2 Å². The molecule has 1 saturated heterocycles. The molecule has 0 radical (unpaired) electrons. The number of anilines is 1. The fraction of sp³-hybridized carbons (Fsp3) is 0.435. The van der Waals surface area contributed by atoms with Crippen molar-refractivity contribution in [3.05, 3.63) is 59.2 Å². The minimum absolute atomic E-state index is 0.128. The number of hydrogen-bond acceptors (Lipinski definition) is 4. The summed E-state index contributed by atoms with van der Waals surface area (Å²) in [6.45, 7) is 10.9. The van der Waals surface area contributed by atoms with E-state index in [1.54, 1.807) is 18.2 Å². The average molecular weight is 430 g/mol. The highest BCUT2D eigenvalue weighted by Gasteiger charge is 2.24. The molecule has 0 spiro atoms. The first-order chi connectivity index (χ1) is 14.2. The van der Waals surface area contributed by atoms with Crippen LogP contribution >= 0.6 is 0 Å². The number of hydrogen-bond donors (Lipinski definition) is 2. The van der Waals surface area contributed by atoms with Crippen LogP contribution in [0.3, 0.4) is 0 Å². The Bertz CT molecular complexity index is 1000. The molecular formula is C23H31N3O3S. The Morgan fingerprint density at radius 2 is 1.83 bits per heavy atom. The molecule has 3 rings (SSSR count). The van der Waals surface area contributed by atoms with Crippen LogP contribution < -0.4 is 10.0 Å². The van der Waals surface area contributed by atoms with Gasteiger partial charge in [0.25, 0.3) is 15.9 Å². The highest BCUT2D eigenvalue weighted by Crippen LogP contribution is 2.22. The molecule has 0 aromatic heterocycles. The molecule has 1 atom stereocenters. The van der Waals surface area contributed by atoms with Gasteiger partial charge in [-0.1, -0.05) is 12.1 Å². The Hall–Kier alpha value is -2.38. The lowest BCUT2D eigenvalue weighted by atomic mass is 10.1. The average Bonchev–Trinajstić information content (AvgIpc) is 3.19. The van der Waals surface area contributed by atoms with Gasteiger partial charge in [-0.2, -0.15) is 0 Å². The maximum absolute atomic E-state index is 12.7. The Kier molecular flexibility index (Phi) is 6.83. The Morgan fingerprint density at radius 3 is 2.47 bits per heavy atom. The van der Waals surface area contributed by atoms with Crippen LogP contribution in [0.15, 0.2) is 47.4 Å². The van der Waals surface area contributed by atoms with Crippen molar-refractivity contribution >= 4 is 21.6 Å². The van der Waals surface area contributed by atoms with Crippen LogP contribution in [0.25, 0.3) is 0 Å². The molecule has 1 aliphatic heterocycles. The third kappa shape index (κ3) is 5.21. The molecule has 6 nitrogen and oxygen atoms in total. The molecule has 1 unspecified atom stereocenters. The van der Waals surface area contributed by atoms with Crippen LogP contribution in [-0.4, -0.2) is 44.9 Å². The highest BCUT2D eigenvalue weighted by molar-refractivity contribution is 7.92. The molecule has 0 aliphatic carbocycles. The lowest BCUT2D eigenvalue weighted by molar-refractivity contribution is 0.0947. The summed E-state index contributed by atoms with van der Waals surface area (Å²) in [6, 6.07) is 12.1. The molecule has 162 valence electrons. The molecule has 2 aromatic carbocycles. The van der Waals surface area contributed by atoms with Crippen LogP contribution in [0.5, 0.6) is 0 Å². The lowest BCUT2D eigenvalue weighted by Gasteiger charge is -2.20. The second-order valence-electron chi connectivity index (χ2n) is 8.33. The normalized spacial score (nSPS) is 17.3. The predicted molar refractivity (Wildman–Crippen MR) is 120 cm³/mol. The van der Waals surface area contributed by atoms with Crippen molar-refractivity contribution in [2.75, 3.05) is 24.4 Å². The zero-order chi connectivity index (χ0) is 21.9. The van der Waals surface area contributed by atoms with Crippen molar-refractivity contribution in [2.24, 2.45) is 5.92 Å². The van der Waals surface area contributed by atoms with E-state index in [0.29, 0.717) is 29.8 Å². The number of rotatable bonds is 7. The van der Waals surface area contributed by atoms with E-state index in [2.05, 4.69) is 28.8 Å². The highest BCUT2D eigenvalue weighted by atomic mass is 32.2. The molecule has 30 heavy (non-hydrogen) atoms. The van der Waals surface area contributed by atoms with E-state index in [9.17, 15) is 13.2 Å². The smallest absolute Gasteiger partial charge is 0.261 e. The minimum Gasteiger partial charge on any atom is -0.352 e. The second kappa shape index (κ2) is 9.18. The molecule has 0 bridgehead atoms. The summed E-state index contributed by atoms with van der Waals surface area (Å²) in [5.74, 6) is 0.280. The molecule has 1 heterocycles. The summed E-state index contributed by atoms with van der Waals surface area (Å²) in [4.78, 5) is 15.0. The number of nitrogens with zero attached hydrogens (tertiary/aromatic N) is 1. The zero-order valence-electron chi connectivity index (χ0n) is 18.1. The summed E-state index contributed by atoms with van der Waals surface area (Å²) in [5, 5.41) is 2.98. The van der Waals surface area contributed by atoms with Crippen molar-refractivity contribution in [3.8, 4) is 0 Å². The van der Waals surface area contributed by atoms with Gasteiger partial charge in [-0.05, 0) is 88.0 Å². The number of aryl methyl sites for hydroxylation is 1. The summed E-state index contributed by atoms with van der Waals surface area (Å²) in [5.41, 5.74) is 2.92. The fourth-order valence-corrected chi connectivity index (χ4v) is 4.81. The number of benzene rings is 2. The third-order valence-corrected chi connectivity index (χ3v) is 7.26. The van der Waals surface area contributed by atoms with E-state index >= 15 is 0 Å². The molecule has 1 amide bonds. The number of nitrogens with one attached hydrogen (secondary N) is 2. The summed E-state index contributed by atoms with van der Waals surface area (Å²) in [7, 11) is -3.72. The van der Waals surface area contributed by atoms with Gasteiger partial charge in [-0.25, -0.2) is 8.42 Å². The topological polar surface area (TPSA) is 78.5 Å². The monoisotopic (exact) mass is 429 g/mol. The minimum atomic E-state index is -3.72. The van der Waals surface area contributed by atoms with Crippen LogP contribution in [-0.2, 0) is 10.0 Å². The maximum Gasteiger partial charge on any atom is 0.261 e. The number of amides is 1. The number of likely N-dealkylation sites (tertiary alicyclic amines) is 1. The van der Waals surface area contributed by atoms with Gasteiger partial charge >= 0.3 is 0 Å². The van der Waals surface area contributed by atoms with E-state index < -0.39 is 10.0 Å². The second-order valence-corrected chi connectivity index (χ2v) is 10.0. The van der Waals surface area contributed by atoms with Gasteiger partial charge in [0.15, 0.2) is 0 Å². The first-order valence-corrected chi connectivity index (χ1v) is 11.9. The van der Waals surface area contributed by atoms with Crippen LogP contribution in [0, 0.1) is 19.8 Å². The first-order valence-electron chi connectivity index (χ1n) is 10.4. The van der Waals surface area contributed by atoms with E-state index in [1.165, 1.54) is 12.1 Å². The van der Waals surface area contributed by atoms with Gasteiger partial charge in [0.1, 0.15) is 0 Å². The molecule has 1 aliphatic rings. The van der Waals surface area contributed by atoms with Crippen molar-refractivity contribution in [2.45, 2.75) is 45.1 Å². The van der Waals surface area contributed by atoms with Gasteiger partial charge in [0.05, 0.1) is 10.6 Å². The van der Waals surface area contributed by atoms with Gasteiger partial charge in [-0.3, -0.25) is 9.52 Å². The van der Waals surface area contributed by atoms with Crippen LogP contribution in [0.2, 0.25) is 0 Å². The molecule has 2 N–H and O–H groups in total. The largest absolute Gasteiger partial charge is 0.352 e. The molecular weight excluding hydrogens is 398 g/mol. The summed E-state index contributed by atoms with van der Waals surface area (Å²) >= 11 is 0. The van der Waals surface area contributed by atoms with Crippen molar-refractivity contribution in [3.63, 3.8) is 0 Å². The third-order valence-electron chi connectivity index (χ3n) is 5.87. The zero-order valence-corrected chi connectivity index (χ0v) is 18.9. The maximum atomic E-state index is 12.7. The lowest BCUT2D eigenvalue weighted by Crippen LogP contribution is -2.33. The van der Waals surface area contributed by atoms with Gasteiger partial charge in [0.2, 0.25) is 0 Å². The Labute approximate surface area is 179 Å². The molecule has 2 aromatic rings. The fourth-order valence-electron chi connectivity index (χ4n) is 3.69. The van der Waals surface area contributed by atoms with Gasteiger partial charge in [-0.15, -0.1) is 0 Å². The van der Waals surface area contributed by atoms with E-state index in [4.69, 9.17) is 0 Å². The number of carbonyl (C=O) groups is 1. The van der Waals surface area contributed by atoms with E-state index in [-0.39, 0.29) is 10.8 Å². The van der Waals surface area contributed by atoms with Gasteiger partial charge in [0, 0.05) is 24.7 Å². The Morgan fingerprint density at radius 1 is 1.13 bits per heavy atom. The van der Waals surface area contributed by atoms with Crippen LogP contribution in [0.4, 0.5) is 5.69 Å². The standard InChI is InChI=1S/C23H31N3O3S/c1-16(2)26-13-12-19(15-26)14-24-23(27)20-8-10-21(11-9-20)30(28,29)25-22-7-5-6-17(3)18(22)4/h5-11,16,19,25H,12-15H2,1-4H3,(H,24,27). The van der Waals surface area contributed by atoms with Crippen LogP contribution in [0.1, 0.15) is 41.8 Å². The number of carbonyl (C=O) groups excluding carboxylic acids is 1. The predicted octanol–water partition coefficient (Wildman–Crippen LogP) is 3.56. The Balaban J connectivity index is 1.61. The van der Waals surface area contributed by atoms with E-state index in [1.807, 2.05) is 26.0 Å². The van der Waals surface area contributed by atoms with Crippen molar-refractivity contribution < 1.29 is 13.2 Å². The van der Waals surface area contributed by atoms with Gasteiger partial charge < -0.3 is 10.2 Å². The SMILES string of the molecule is Cc1cccc(NS(=O)(=O)c2ccc(C(=O)NCC3CCN(C(C)C)C3)cc2)c1C. The molecule has 0 saturated carbocycles. The quantitative estimate of drug-likeness (QED) is 0.705.